The molecule has 0 spiro atoms. The Kier molecular flexibility index (Phi) is 6.23. The fraction of sp³-hybridized carbons (Fsp3) is 0.176. The molecule has 7 heteroatoms. The van der Waals surface area contributed by atoms with Gasteiger partial charge in [-0.1, -0.05) is 0 Å². The summed E-state index contributed by atoms with van der Waals surface area (Å²) in [5, 5.41) is 13.5. The first-order valence-corrected chi connectivity index (χ1v) is 8.76. The zero-order chi connectivity index (χ0) is 17.7. The number of nitrogens with zero attached hydrogens (tertiary/aromatic N) is 1. The quantitative estimate of drug-likeness (QED) is 0.606. The van der Waals surface area contributed by atoms with E-state index in [-0.39, 0.29) is 16.6 Å². The molecule has 0 aromatic heterocycles. The van der Waals surface area contributed by atoms with E-state index >= 15 is 0 Å². The second-order valence-corrected chi connectivity index (χ2v) is 6.91. The number of rotatable bonds is 5. The van der Waals surface area contributed by atoms with Gasteiger partial charge in [-0.15, -0.1) is 11.8 Å². The molecule has 0 radical (unpaired) electrons. The van der Waals surface area contributed by atoms with Gasteiger partial charge in [0.05, 0.1) is 5.75 Å². The predicted octanol–water partition coefficient (Wildman–Crippen LogP) is 4.89. The molecule has 1 N–H and O–H groups in total. The number of carbonyl (C=O) groups excluding carboxylic acids is 1. The Labute approximate surface area is 147 Å². The van der Waals surface area contributed by atoms with Gasteiger partial charge in [0.2, 0.25) is 5.91 Å². The Hall–Kier alpha value is -2.04. The smallest absolute Gasteiger partial charge is 0.234 e. The number of nitriles is 1. The molecular formula is C17H14F2N2OS2. The number of nitrogens with one attached hydrogen (secondary N) is 1. The molecule has 2 rings (SSSR count). The molecule has 3 nitrogen and oxygen atoms in total. The van der Waals surface area contributed by atoms with Crippen LogP contribution in [0.5, 0.6) is 0 Å². The molecule has 0 fully saturated rings. The number of anilines is 1. The van der Waals surface area contributed by atoms with E-state index in [0.29, 0.717) is 5.69 Å². The van der Waals surface area contributed by atoms with Gasteiger partial charge >= 0.3 is 0 Å². The van der Waals surface area contributed by atoms with Gasteiger partial charge in [0.25, 0.3) is 0 Å². The highest BCUT2D eigenvalue weighted by Crippen LogP contribution is 2.28. The summed E-state index contributed by atoms with van der Waals surface area (Å²) in [5.74, 6) is -1.60. The molecule has 0 saturated carbocycles. The van der Waals surface area contributed by atoms with Crippen LogP contribution < -0.4 is 5.32 Å². The summed E-state index contributed by atoms with van der Waals surface area (Å²) in [6, 6.07) is 6.91. The van der Waals surface area contributed by atoms with Gasteiger partial charge < -0.3 is 5.32 Å². The summed E-state index contributed by atoms with van der Waals surface area (Å²) in [6.07, 6.45) is 0. The van der Waals surface area contributed by atoms with Gasteiger partial charge in [0.15, 0.2) is 0 Å². The summed E-state index contributed by atoms with van der Waals surface area (Å²) in [7, 11) is 0. The first kappa shape index (κ1) is 18.3. The Morgan fingerprint density at radius 1 is 1.21 bits per heavy atom. The maximum absolute atomic E-state index is 13.6. The minimum absolute atomic E-state index is 0.0100. The van der Waals surface area contributed by atoms with Crippen molar-refractivity contribution >= 4 is 35.1 Å². The van der Waals surface area contributed by atoms with E-state index in [4.69, 9.17) is 5.26 Å². The van der Waals surface area contributed by atoms with E-state index in [2.05, 4.69) is 5.32 Å². The van der Waals surface area contributed by atoms with E-state index < -0.39 is 11.6 Å². The number of benzene rings is 2. The molecule has 0 aliphatic heterocycles. The number of aryl methyl sites for hydroxylation is 2. The Morgan fingerprint density at radius 2 is 1.88 bits per heavy atom. The number of hydrogen-bond donors (Lipinski definition) is 1. The molecule has 1 amide bonds. The molecule has 0 heterocycles. The lowest BCUT2D eigenvalue weighted by atomic mass is 10.1. The molecule has 124 valence electrons. The van der Waals surface area contributed by atoms with Gasteiger partial charge in [-0.25, -0.2) is 8.78 Å². The molecule has 0 atom stereocenters. The highest BCUT2D eigenvalue weighted by atomic mass is 32.2. The number of thioether (sulfide) groups is 2. The van der Waals surface area contributed by atoms with Gasteiger partial charge in [-0.2, -0.15) is 5.26 Å². The number of halogens is 2. The van der Waals surface area contributed by atoms with Crippen LogP contribution in [0.15, 0.2) is 40.1 Å². The molecule has 0 saturated heterocycles. The first-order chi connectivity index (χ1) is 11.4. The molecule has 0 aliphatic carbocycles. The van der Waals surface area contributed by atoms with Crippen molar-refractivity contribution in [2.75, 3.05) is 11.1 Å². The van der Waals surface area contributed by atoms with Gasteiger partial charge in [0, 0.05) is 21.5 Å². The van der Waals surface area contributed by atoms with Gasteiger partial charge in [-0.05, 0) is 61.0 Å². The highest BCUT2D eigenvalue weighted by molar-refractivity contribution is 8.03. The zero-order valence-electron chi connectivity index (χ0n) is 13.0. The first-order valence-electron chi connectivity index (χ1n) is 6.95. The van der Waals surface area contributed by atoms with Crippen molar-refractivity contribution in [1.29, 1.82) is 5.26 Å². The maximum atomic E-state index is 13.6. The van der Waals surface area contributed by atoms with Crippen LogP contribution in [0, 0.1) is 36.1 Å². The number of hydrogen-bond acceptors (Lipinski definition) is 4. The summed E-state index contributed by atoms with van der Waals surface area (Å²) in [6.45, 7) is 3.69. The van der Waals surface area contributed by atoms with Crippen LogP contribution in [0.2, 0.25) is 0 Å². The van der Waals surface area contributed by atoms with Gasteiger partial charge in [0.1, 0.15) is 17.0 Å². The van der Waals surface area contributed by atoms with E-state index in [1.165, 1.54) is 6.07 Å². The van der Waals surface area contributed by atoms with Crippen LogP contribution in [-0.2, 0) is 4.79 Å². The van der Waals surface area contributed by atoms with E-state index in [1.54, 1.807) is 0 Å². The van der Waals surface area contributed by atoms with Crippen LogP contribution in [0.1, 0.15) is 11.1 Å². The van der Waals surface area contributed by atoms with Crippen LogP contribution in [0.3, 0.4) is 0 Å². The standard InChI is InChI=1S/C17H14F2N2OS2/c1-10-5-13(24-9-20)6-11(2)17(10)21-16(22)8-23-15-4-3-12(18)7-14(15)19/h3-7H,8H2,1-2H3,(H,21,22). The lowest BCUT2D eigenvalue weighted by Gasteiger charge is -2.13. The van der Waals surface area contributed by atoms with Crippen LogP contribution in [0.25, 0.3) is 0 Å². The fourth-order valence-corrected chi connectivity index (χ4v) is 3.44. The van der Waals surface area contributed by atoms with E-state index in [1.807, 2.05) is 31.4 Å². The van der Waals surface area contributed by atoms with Crippen molar-refractivity contribution in [3.63, 3.8) is 0 Å². The van der Waals surface area contributed by atoms with Crippen molar-refractivity contribution < 1.29 is 13.6 Å². The Balaban J connectivity index is 2.03. The molecular weight excluding hydrogens is 350 g/mol. The third kappa shape index (κ3) is 4.73. The third-order valence-corrected chi connectivity index (χ3v) is 4.80. The van der Waals surface area contributed by atoms with Crippen molar-refractivity contribution in [3.8, 4) is 5.40 Å². The predicted molar refractivity (Wildman–Crippen MR) is 93.1 cm³/mol. The molecule has 2 aromatic rings. The molecule has 0 aliphatic rings. The average molecular weight is 364 g/mol. The largest absolute Gasteiger partial charge is 0.325 e. The molecule has 24 heavy (non-hydrogen) atoms. The zero-order valence-corrected chi connectivity index (χ0v) is 14.7. The second-order valence-electron chi connectivity index (χ2n) is 5.04. The number of thiocyanates is 1. The Bertz CT molecular complexity index is 796. The number of amides is 1. The average Bonchev–Trinajstić information content (AvgIpc) is 2.50. The third-order valence-electron chi connectivity index (χ3n) is 3.19. The minimum Gasteiger partial charge on any atom is -0.325 e. The lowest BCUT2D eigenvalue weighted by molar-refractivity contribution is -0.113. The van der Waals surface area contributed by atoms with Crippen LogP contribution >= 0.6 is 23.5 Å². The van der Waals surface area contributed by atoms with Crippen molar-refractivity contribution in [1.82, 2.24) is 0 Å². The summed E-state index contributed by atoms with van der Waals surface area (Å²) in [4.78, 5) is 13.1. The highest BCUT2D eigenvalue weighted by Gasteiger charge is 2.11. The molecule has 2 aromatic carbocycles. The summed E-state index contributed by atoms with van der Waals surface area (Å²) < 4.78 is 26.4. The maximum Gasteiger partial charge on any atom is 0.234 e. The molecule has 0 unspecified atom stereocenters. The second kappa shape index (κ2) is 8.18. The van der Waals surface area contributed by atoms with Crippen molar-refractivity contribution in [3.05, 3.63) is 53.1 Å². The fourth-order valence-electron chi connectivity index (χ4n) is 2.14. The molecule has 0 bridgehead atoms. The van der Waals surface area contributed by atoms with Crippen LogP contribution in [0.4, 0.5) is 14.5 Å². The summed E-state index contributed by atoms with van der Waals surface area (Å²) >= 11 is 2.06. The number of carbonyl (C=O) groups is 1. The van der Waals surface area contributed by atoms with Gasteiger partial charge in [-0.3, -0.25) is 4.79 Å². The summed E-state index contributed by atoms with van der Waals surface area (Å²) in [5.41, 5.74) is 2.38. The van der Waals surface area contributed by atoms with Crippen molar-refractivity contribution in [2.24, 2.45) is 0 Å². The monoisotopic (exact) mass is 364 g/mol. The SMILES string of the molecule is Cc1cc(SC#N)cc(C)c1NC(=O)CSc1ccc(F)cc1F. The van der Waals surface area contributed by atoms with E-state index in [9.17, 15) is 13.6 Å². The minimum atomic E-state index is -0.682. The van der Waals surface area contributed by atoms with Crippen molar-refractivity contribution in [2.45, 2.75) is 23.6 Å². The normalized spacial score (nSPS) is 10.3. The van der Waals surface area contributed by atoms with Crippen LogP contribution in [-0.4, -0.2) is 11.7 Å². The topological polar surface area (TPSA) is 52.9 Å². The lowest BCUT2D eigenvalue weighted by Crippen LogP contribution is -2.16. The Morgan fingerprint density at radius 3 is 2.46 bits per heavy atom. The van der Waals surface area contributed by atoms with E-state index in [0.717, 1.165) is 51.7 Å².